The summed E-state index contributed by atoms with van der Waals surface area (Å²) in [6.07, 6.45) is 1.37. The van der Waals surface area contributed by atoms with Gasteiger partial charge >= 0.3 is 6.03 Å². The molecule has 0 aliphatic carbocycles. The highest BCUT2D eigenvalue weighted by Crippen LogP contribution is 2.25. The fourth-order valence-electron chi connectivity index (χ4n) is 3.06. The Bertz CT molecular complexity index is 1150. The molecule has 3 aromatic rings. The lowest BCUT2D eigenvalue weighted by molar-refractivity contribution is -0.122. The van der Waals surface area contributed by atoms with Crippen molar-refractivity contribution in [3.05, 3.63) is 95.6 Å². The monoisotopic (exact) mass is 414 g/mol. The number of rotatable bonds is 5. The molecule has 0 aromatic heterocycles. The number of ether oxygens (including phenoxy) is 1. The molecule has 7 heteroatoms. The SMILES string of the molecule is O=C1NC(=O)N(c2ccc(OCc3ccccc3)cc2)C(=O)C1=Cc1ccc(O)cc1. The number of aromatic hydroxyl groups is 1. The summed E-state index contributed by atoms with van der Waals surface area (Å²) in [5.74, 6) is -0.872. The molecule has 7 nitrogen and oxygen atoms in total. The van der Waals surface area contributed by atoms with Crippen molar-refractivity contribution in [2.75, 3.05) is 4.90 Å². The molecule has 0 unspecified atom stereocenters. The van der Waals surface area contributed by atoms with Crippen LogP contribution in [0.4, 0.5) is 10.5 Å². The number of urea groups is 1. The van der Waals surface area contributed by atoms with Crippen molar-refractivity contribution < 1.29 is 24.2 Å². The normalized spacial score (nSPS) is 15.2. The predicted octanol–water partition coefficient (Wildman–Crippen LogP) is 3.64. The summed E-state index contributed by atoms with van der Waals surface area (Å²) in [6, 6.07) is 21.3. The zero-order chi connectivity index (χ0) is 21.8. The summed E-state index contributed by atoms with van der Waals surface area (Å²) in [7, 11) is 0. The lowest BCUT2D eigenvalue weighted by Crippen LogP contribution is -2.54. The van der Waals surface area contributed by atoms with Gasteiger partial charge in [-0.2, -0.15) is 0 Å². The Kier molecular flexibility index (Phi) is 5.49. The molecule has 0 saturated carbocycles. The van der Waals surface area contributed by atoms with Crippen LogP contribution in [0.5, 0.6) is 11.5 Å². The molecular formula is C24H18N2O5. The molecule has 3 aromatic carbocycles. The molecule has 1 aliphatic heterocycles. The molecule has 1 heterocycles. The Hall–Kier alpha value is -4.39. The molecule has 0 bridgehead atoms. The maximum atomic E-state index is 12.9. The van der Waals surface area contributed by atoms with E-state index in [1.807, 2.05) is 30.3 Å². The summed E-state index contributed by atoms with van der Waals surface area (Å²) in [5.41, 5.74) is 1.67. The molecular weight excluding hydrogens is 396 g/mol. The molecule has 31 heavy (non-hydrogen) atoms. The third-order valence-corrected chi connectivity index (χ3v) is 4.65. The first-order chi connectivity index (χ1) is 15.0. The van der Waals surface area contributed by atoms with Gasteiger partial charge in [0.05, 0.1) is 5.69 Å². The average Bonchev–Trinajstić information content (AvgIpc) is 2.78. The zero-order valence-electron chi connectivity index (χ0n) is 16.3. The number of hydrogen-bond donors (Lipinski definition) is 2. The quantitative estimate of drug-likeness (QED) is 0.491. The van der Waals surface area contributed by atoms with Gasteiger partial charge in [0.15, 0.2) is 0 Å². The number of anilines is 1. The Morgan fingerprint density at radius 2 is 1.55 bits per heavy atom. The van der Waals surface area contributed by atoms with Crippen molar-refractivity contribution in [2.24, 2.45) is 0 Å². The minimum Gasteiger partial charge on any atom is -0.508 e. The van der Waals surface area contributed by atoms with Crippen LogP contribution in [-0.2, 0) is 16.2 Å². The van der Waals surface area contributed by atoms with Gasteiger partial charge in [-0.3, -0.25) is 14.9 Å². The van der Waals surface area contributed by atoms with Gasteiger partial charge in [-0.25, -0.2) is 9.69 Å². The van der Waals surface area contributed by atoms with E-state index in [1.54, 1.807) is 36.4 Å². The van der Waals surface area contributed by atoms with Gasteiger partial charge in [-0.05, 0) is 53.6 Å². The smallest absolute Gasteiger partial charge is 0.335 e. The number of hydrogen-bond acceptors (Lipinski definition) is 5. The number of barbiturate groups is 1. The minimum absolute atomic E-state index is 0.0629. The van der Waals surface area contributed by atoms with Crippen molar-refractivity contribution in [1.29, 1.82) is 0 Å². The average molecular weight is 414 g/mol. The number of phenolic OH excluding ortho intramolecular Hbond substituents is 1. The maximum Gasteiger partial charge on any atom is 0.335 e. The molecule has 0 radical (unpaired) electrons. The second-order valence-corrected chi connectivity index (χ2v) is 6.82. The molecule has 1 aliphatic rings. The van der Waals surface area contributed by atoms with Crippen LogP contribution in [0.15, 0.2) is 84.4 Å². The number of benzene rings is 3. The van der Waals surface area contributed by atoms with E-state index < -0.39 is 17.8 Å². The van der Waals surface area contributed by atoms with Crippen molar-refractivity contribution >= 4 is 29.6 Å². The van der Waals surface area contributed by atoms with E-state index >= 15 is 0 Å². The zero-order valence-corrected chi connectivity index (χ0v) is 16.3. The van der Waals surface area contributed by atoms with E-state index in [4.69, 9.17) is 4.74 Å². The molecule has 1 saturated heterocycles. The van der Waals surface area contributed by atoms with Crippen LogP contribution < -0.4 is 15.0 Å². The van der Waals surface area contributed by atoms with Crippen molar-refractivity contribution in [1.82, 2.24) is 5.32 Å². The van der Waals surface area contributed by atoms with Crippen LogP contribution in [0.25, 0.3) is 6.08 Å². The first kappa shape index (κ1) is 19.9. The van der Waals surface area contributed by atoms with E-state index in [0.29, 0.717) is 23.6 Å². The maximum absolute atomic E-state index is 12.9. The van der Waals surface area contributed by atoms with Crippen LogP contribution in [0, 0.1) is 0 Å². The van der Waals surface area contributed by atoms with Gasteiger partial charge < -0.3 is 9.84 Å². The third kappa shape index (κ3) is 4.45. The summed E-state index contributed by atoms with van der Waals surface area (Å²) in [4.78, 5) is 38.4. The largest absolute Gasteiger partial charge is 0.508 e. The molecule has 4 rings (SSSR count). The second kappa shape index (κ2) is 8.54. The van der Waals surface area contributed by atoms with E-state index in [-0.39, 0.29) is 11.3 Å². The van der Waals surface area contributed by atoms with Gasteiger partial charge in [0.25, 0.3) is 11.8 Å². The number of amides is 4. The van der Waals surface area contributed by atoms with Crippen molar-refractivity contribution in [2.45, 2.75) is 6.61 Å². The van der Waals surface area contributed by atoms with Gasteiger partial charge in [0, 0.05) is 0 Å². The highest BCUT2D eigenvalue weighted by molar-refractivity contribution is 6.39. The topological polar surface area (TPSA) is 95.9 Å². The summed E-state index contributed by atoms with van der Waals surface area (Å²) in [5, 5.41) is 11.6. The number of phenols is 1. The number of imide groups is 2. The summed E-state index contributed by atoms with van der Waals surface area (Å²) >= 11 is 0. The van der Waals surface area contributed by atoms with Gasteiger partial charge in [-0.15, -0.1) is 0 Å². The standard InChI is InChI=1S/C24H18N2O5/c27-19-10-6-16(7-11-19)14-21-22(28)25-24(30)26(23(21)29)18-8-12-20(13-9-18)31-15-17-4-2-1-3-5-17/h1-14,27H,15H2,(H,25,28,30). The van der Waals surface area contributed by atoms with Crippen LogP contribution in [0.3, 0.4) is 0 Å². The Labute approximate surface area is 178 Å². The van der Waals surface area contributed by atoms with E-state index in [0.717, 1.165) is 10.5 Å². The lowest BCUT2D eigenvalue weighted by Gasteiger charge is -2.26. The number of nitrogens with zero attached hydrogens (tertiary/aromatic N) is 1. The van der Waals surface area contributed by atoms with Crippen molar-refractivity contribution in [3.8, 4) is 11.5 Å². The number of carbonyl (C=O) groups is 3. The predicted molar refractivity (Wildman–Crippen MR) is 114 cm³/mol. The van der Waals surface area contributed by atoms with Crippen LogP contribution in [-0.4, -0.2) is 23.0 Å². The van der Waals surface area contributed by atoms with Crippen LogP contribution in [0.1, 0.15) is 11.1 Å². The first-order valence-corrected chi connectivity index (χ1v) is 9.48. The first-order valence-electron chi connectivity index (χ1n) is 9.48. The molecule has 154 valence electrons. The molecule has 0 spiro atoms. The lowest BCUT2D eigenvalue weighted by atomic mass is 10.1. The molecule has 2 N–H and O–H groups in total. The third-order valence-electron chi connectivity index (χ3n) is 4.65. The molecule has 0 atom stereocenters. The fourth-order valence-corrected chi connectivity index (χ4v) is 3.06. The van der Waals surface area contributed by atoms with Crippen molar-refractivity contribution in [3.63, 3.8) is 0 Å². The fraction of sp³-hybridized carbons (Fsp3) is 0.0417. The summed E-state index contributed by atoms with van der Waals surface area (Å²) < 4.78 is 5.72. The molecule has 1 fully saturated rings. The minimum atomic E-state index is -0.823. The highest BCUT2D eigenvalue weighted by atomic mass is 16.5. The van der Waals surface area contributed by atoms with Crippen LogP contribution in [0.2, 0.25) is 0 Å². The second-order valence-electron chi connectivity index (χ2n) is 6.82. The molecule has 4 amide bonds. The van der Waals surface area contributed by atoms with E-state index in [9.17, 15) is 19.5 Å². The Balaban J connectivity index is 1.53. The van der Waals surface area contributed by atoms with Gasteiger partial charge in [0.2, 0.25) is 0 Å². The van der Waals surface area contributed by atoms with Gasteiger partial charge in [0.1, 0.15) is 23.7 Å². The van der Waals surface area contributed by atoms with E-state index in [2.05, 4.69) is 5.32 Å². The van der Waals surface area contributed by atoms with Crippen LogP contribution >= 0.6 is 0 Å². The highest BCUT2D eigenvalue weighted by Gasteiger charge is 2.36. The Morgan fingerprint density at radius 1 is 0.871 bits per heavy atom. The number of nitrogens with one attached hydrogen (secondary N) is 1. The Morgan fingerprint density at radius 3 is 2.23 bits per heavy atom. The van der Waals surface area contributed by atoms with Gasteiger partial charge in [-0.1, -0.05) is 42.5 Å². The summed E-state index contributed by atoms with van der Waals surface area (Å²) in [6.45, 7) is 0.386. The number of carbonyl (C=O) groups excluding carboxylic acids is 3. The van der Waals surface area contributed by atoms with E-state index in [1.165, 1.54) is 18.2 Å².